The number of amides is 1. The number of aliphatic hydroxyl groups is 1. The van der Waals surface area contributed by atoms with Crippen LogP contribution in [0.15, 0.2) is 42.0 Å². The lowest BCUT2D eigenvalue weighted by atomic mass is 9.93. The van der Waals surface area contributed by atoms with Crippen LogP contribution in [0.3, 0.4) is 0 Å². The Morgan fingerprint density at radius 3 is 2.46 bits per heavy atom. The predicted molar refractivity (Wildman–Crippen MR) is 134 cm³/mol. The van der Waals surface area contributed by atoms with Crippen LogP contribution >= 0.6 is 0 Å². The second kappa shape index (κ2) is 10.8. The predicted octanol–water partition coefficient (Wildman–Crippen LogP) is 3.73. The van der Waals surface area contributed by atoms with Gasteiger partial charge in [0.2, 0.25) is 0 Å². The van der Waals surface area contributed by atoms with Gasteiger partial charge >= 0.3 is 0 Å². The molecule has 0 radical (unpaired) electrons. The number of hydrogen-bond acceptors (Lipinski definition) is 7. The lowest BCUT2D eigenvalue weighted by Gasteiger charge is -2.27. The quantitative estimate of drug-likeness (QED) is 0.319. The van der Waals surface area contributed by atoms with E-state index in [4.69, 9.17) is 9.47 Å². The Kier molecular flexibility index (Phi) is 8.07. The number of aromatic hydroxyl groups is 1. The summed E-state index contributed by atoms with van der Waals surface area (Å²) >= 11 is 0. The van der Waals surface area contributed by atoms with E-state index in [2.05, 4.69) is 13.8 Å². The maximum atomic E-state index is 13.2. The summed E-state index contributed by atoms with van der Waals surface area (Å²) in [5.74, 6) is -0.501. The van der Waals surface area contributed by atoms with E-state index in [1.165, 1.54) is 18.1 Å². The van der Waals surface area contributed by atoms with Crippen LogP contribution in [0.2, 0.25) is 0 Å². The molecule has 1 aliphatic heterocycles. The Labute approximate surface area is 206 Å². The number of benzene rings is 2. The van der Waals surface area contributed by atoms with Crippen molar-refractivity contribution >= 4 is 17.4 Å². The molecule has 0 saturated carbocycles. The highest BCUT2D eigenvalue weighted by Crippen LogP contribution is 2.42. The summed E-state index contributed by atoms with van der Waals surface area (Å²) < 4.78 is 11.0. The van der Waals surface area contributed by atoms with Crippen molar-refractivity contribution in [1.29, 1.82) is 0 Å². The summed E-state index contributed by atoms with van der Waals surface area (Å²) in [5, 5.41) is 21.4. The van der Waals surface area contributed by atoms with E-state index in [1.54, 1.807) is 30.3 Å². The first kappa shape index (κ1) is 26.1. The zero-order chi connectivity index (χ0) is 25.9. The molecule has 2 aromatic rings. The number of likely N-dealkylation sites (N-methyl/N-ethyl adjacent to an activating group) is 1. The second-order valence-electron chi connectivity index (χ2n) is 9.41. The average Bonchev–Trinajstić information content (AvgIpc) is 3.06. The summed E-state index contributed by atoms with van der Waals surface area (Å²) in [5.41, 5.74) is 1.71. The summed E-state index contributed by atoms with van der Waals surface area (Å²) in [6.45, 7) is 7.30. The largest absolute Gasteiger partial charge is 0.507 e. The molecule has 188 valence electrons. The number of ketones is 1. The van der Waals surface area contributed by atoms with Gasteiger partial charge in [-0.15, -0.1) is 0 Å². The highest BCUT2D eigenvalue weighted by Gasteiger charge is 2.46. The number of phenols is 1. The van der Waals surface area contributed by atoms with Gasteiger partial charge in [-0.25, -0.2) is 0 Å². The zero-order valence-corrected chi connectivity index (χ0v) is 21.2. The minimum Gasteiger partial charge on any atom is -0.507 e. The lowest BCUT2D eigenvalue weighted by molar-refractivity contribution is -0.140. The zero-order valence-electron chi connectivity index (χ0n) is 21.2. The van der Waals surface area contributed by atoms with Gasteiger partial charge in [-0.2, -0.15) is 0 Å². The van der Waals surface area contributed by atoms with E-state index < -0.39 is 17.7 Å². The SMILES string of the molecule is COc1cc(C2/C(=C(\O)c3ccc(OCC(C)C)cc3C)C(=O)C(=O)N2CCN(C)C)ccc1O. The Morgan fingerprint density at radius 2 is 1.86 bits per heavy atom. The molecule has 1 saturated heterocycles. The molecule has 3 rings (SSSR count). The molecular formula is C27H34N2O6. The third-order valence-electron chi connectivity index (χ3n) is 5.88. The highest BCUT2D eigenvalue weighted by atomic mass is 16.5. The number of carbonyl (C=O) groups is 2. The number of likely N-dealkylation sites (tertiary alicyclic amines) is 1. The molecule has 1 atom stereocenters. The van der Waals surface area contributed by atoms with Crippen LogP contribution in [-0.4, -0.2) is 72.6 Å². The number of rotatable bonds is 9. The van der Waals surface area contributed by atoms with Gasteiger partial charge in [-0.1, -0.05) is 19.9 Å². The highest BCUT2D eigenvalue weighted by molar-refractivity contribution is 6.46. The summed E-state index contributed by atoms with van der Waals surface area (Å²) in [7, 11) is 5.18. The molecule has 1 unspecified atom stereocenters. The number of ether oxygens (including phenoxy) is 2. The van der Waals surface area contributed by atoms with Crippen molar-refractivity contribution in [2.45, 2.75) is 26.8 Å². The Hall–Kier alpha value is -3.52. The Balaban J connectivity index is 2.12. The maximum Gasteiger partial charge on any atom is 0.295 e. The molecule has 1 heterocycles. The fourth-order valence-electron chi connectivity index (χ4n) is 4.03. The first-order chi connectivity index (χ1) is 16.5. The molecule has 8 heteroatoms. The third kappa shape index (κ3) is 5.59. The van der Waals surface area contributed by atoms with Crippen molar-refractivity contribution in [2.75, 3.05) is 40.9 Å². The Morgan fingerprint density at radius 1 is 1.14 bits per heavy atom. The number of carbonyl (C=O) groups excluding carboxylic acids is 2. The number of nitrogens with zero attached hydrogens (tertiary/aromatic N) is 2. The normalized spacial score (nSPS) is 17.5. The van der Waals surface area contributed by atoms with Gasteiger partial charge in [0, 0.05) is 18.7 Å². The van der Waals surface area contributed by atoms with E-state index in [1.807, 2.05) is 25.9 Å². The number of methoxy groups -OCH3 is 1. The van der Waals surface area contributed by atoms with Gasteiger partial charge in [0.1, 0.15) is 11.5 Å². The Bertz CT molecular complexity index is 1140. The summed E-state index contributed by atoms with van der Waals surface area (Å²) in [6.07, 6.45) is 0. The van der Waals surface area contributed by atoms with Gasteiger partial charge in [0.15, 0.2) is 11.5 Å². The summed E-state index contributed by atoms with van der Waals surface area (Å²) in [6, 6.07) is 9.07. The molecule has 2 aromatic carbocycles. The van der Waals surface area contributed by atoms with Crippen molar-refractivity contribution in [3.05, 3.63) is 58.7 Å². The van der Waals surface area contributed by atoms with Crippen molar-refractivity contribution in [1.82, 2.24) is 9.80 Å². The fraction of sp³-hybridized carbons (Fsp3) is 0.407. The van der Waals surface area contributed by atoms with Crippen molar-refractivity contribution < 1.29 is 29.3 Å². The van der Waals surface area contributed by atoms with Crippen LogP contribution in [0.5, 0.6) is 17.2 Å². The van der Waals surface area contributed by atoms with E-state index in [9.17, 15) is 19.8 Å². The fourth-order valence-corrected chi connectivity index (χ4v) is 4.03. The van der Waals surface area contributed by atoms with Crippen molar-refractivity contribution in [3.63, 3.8) is 0 Å². The molecule has 35 heavy (non-hydrogen) atoms. The van der Waals surface area contributed by atoms with Crippen LogP contribution < -0.4 is 9.47 Å². The number of phenolic OH excluding ortho intramolecular Hbond substituents is 1. The number of aliphatic hydroxyl groups excluding tert-OH is 1. The molecular weight excluding hydrogens is 448 g/mol. The number of Topliss-reactive ketones (excluding diaryl/α,β-unsaturated/α-hetero) is 1. The molecule has 2 N–H and O–H groups in total. The molecule has 0 bridgehead atoms. The molecule has 0 aliphatic carbocycles. The van der Waals surface area contributed by atoms with Gasteiger partial charge in [0.05, 0.1) is 25.3 Å². The van der Waals surface area contributed by atoms with Gasteiger partial charge in [-0.3, -0.25) is 9.59 Å². The van der Waals surface area contributed by atoms with E-state index in [0.717, 1.165) is 0 Å². The topological polar surface area (TPSA) is 99.5 Å². The molecule has 1 aliphatic rings. The monoisotopic (exact) mass is 482 g/mol. The van der Waals surface area contributed by atoms with E-state index >= 15 is 0 Å². The van der Waals surface area contributed by atoms with E-state index in [-0.39, 0.29) is 29.4 Å². The minimum atomic E-state index is -0.833. The lowest BCUT2D eigenvalue weighted by Crippen LogP contribution is -2.35. The molecule has 1 amide bonds. The third-order valence-corrected chi connectivity index (χ3v) is 5.88. The van der Waals surface area contributed by atoms with Gasteiger partial charge in [0.25, 0.3) is 11.7 Å². The molecule has 1 fully saturated rings. The summed E-state index contributed by atoms with van der Waals surface area (Å²) in [4.78, 5) is 29.6. The first-order valence-electron chi connectivity index (χ1n) is 11.6. The van der Waals surface area contributed by atoms with Crippen molar-refractivity contribution in [3.8, 4) is 17.2 Å². The average molecular weight is 483 g/mol. The minimum absolute atomic E-state index is 0.000415. The van der Waals surface area contributed by atoms with Gasteiger partial charge < -0.3 is 29.5 Å². The molecule has 8 nitrogen and oxygen atoms in total. The smallest absolute Gasteiger partial charge is 0.295 e. The van der Waals surface area contributed by atoms with Crippen LogP contribution in [0.25, 0.3) is 5.76 Å². The maximum absolute atomic E-state index is 13.2. The van der Waals surface area contributed by atoms with E-state index in [0.29, 0.717) is 41.5 Å². The number of hydrogen-bond donors (Lipinski definition) is 2. The first-order valence-corrected chi connectivity index (χ1v) is 11.6. The van der Waals surface area contributed by atoms with Crippen LogP contribution in [0, 0.1) is 12.8 Å². The van der Waals surface area contributed by atoms with Crippen LogP contribution in [0.1, 0.15) is 36.6 Å². The van der Waals surface area contributed by atoms with Crippen LogP contribution in [-0.2, 0) is 9.59 Å². The number of aryl methyl sites for hydroxylation is 1. The van der Waals surface area contributed by atoms with Gasteiger partial charge in [-0.05, 0) is 68.4 Å². The second-order valence-corrected chi connectivity index (χ2v) is 9.41. The molecule has 0 aromatic heterocycles. The standard InChI is InChI=1S/C27H34N2O6/c1-16(2)15-35-19-8-9-20(17(3)13-19)25(31)23-24(18-7-10-21(30)22(14-18)34-6)29(12-11-28(4)5)27(33)26(23)32/h7-10,13-14,16,24,30-31H,11-12,15H2,1-6H3/b25-23+. The molecule has 0 spiro atoms. The van der Waals surface area contributed by atoms with Crippen LogP contribution in [0.4, 0.5) is 0 Å². The van der Waals surface area contributed by atoms with Crippen molar-refractivity contribution in [2.24, 2.45) is 5.92 Å².